The Morgan fingerprint density at radius 3 is 1.64 bits per heavy atom. The van der Waals surface area contributed by atoms with Crippen LogP contribution in [0.25, 0.3) is 0 Å². The number of carboxylic acid groups (broad SMARTS) is 1. The Kier molecular flexibility index (Phi) is 11.1. The number of ether oxygens (including phenoxy) is 6. The number of aliphatic carboxylic acids is 1. The van der Waals surface area contributed by atoms with Gasteiger partial charge < -0.3 is 48.8 Å². The monoisotopic (exact) mass is 1030 g/mol. The summed E-state index contributed by atoms with van der Waals surface area (Å²) in [6.45, 7) is 11.8. The lowest BCUT2D eigenvalue weighted by Crippen LogP contribution is -2.51. The second-order valence-electron chi connectivity index (χ2n) is 27.5. The van der Waals surface area contributed by atoms with E-state index in [9.17, 15) is 44.4 Å². The van der Waals surface area contributed by atoms with E-state index in [0.29, 0.717) is 59.5 Å². The first-order valence-corrected chi connectivity index (χ1v) is 28.9. The molecule has 14 rings (SSSR count). The average Bonchev–Trinajstić information content (AvgIpc) is 4.19. The van der Waals surface area contributed by atoms with Gasteiger partial charge in [0.15, 0.2) is 11.8 Å². The lowest BCUT2D eigenvalue weighted by atomic mass is 9.54. The molecule has 13 fully saturated rings. The molecule has 0 radical (unpaired) electrons. The summed E-state index contributed by atoms with van der Waals surface area (Å²) in [5, 5.41) is 44.0. The summed E-state index contributed by atoms with van der Waals surface area (Å²) in [5.74, 6) is -0.936. The van der Waals surface area contributed by atoms with Crippen LogP contribution in [0, 0.1) is 136 Å². The summed E-state index contributed by atoms with van der Waals surface area (Å²) in [6.07, 6.45) is 7.07. The molecule has 29 unspecified atom stereocenters. The number of aromatic nitrogens is 1. The number of hydrogen-bond acceptors (Lipinski definition) is 14. The molecule has 404 valence electrons. The Labute approximate surface area is 432 Å². The molecule has 7 saturated heterocycles. The first kappa shape index (κ1) is 48.6. The maximum absolute atomic E-state index is 13.8. The van der Waals surface area contributed by atoms with Crippen LogP contribution in [0.1, 0.15) is 104 Å². The van der Waals surface area contributed by atoms with E-state index in [1.807, 2.05) is 27.7 Å². The highest BCUT2D eigenvalue weighted by Crippen LogP contribution is 2.73. The summed E-state index contributed by atoms with van der Waals surface area (Å²) in [6, 6.07) is 0. The van der Waals surface area contributed by atoms with Gasteiger partial charge in [-0.2, -0.15) is 0 Å². The van der Waals surface area contributed by atoms with Gasteiger partial charge in [0.2, 0.25) is 0 Å². The van der Waals surface area contributed by atoms with Gasteiger partial charge in [-0.1, -0.05) is 13.8 Å². The molecule has 0 aromatic carbocycles. The second kappa shape index (κ2) is 16.9. The molecule has 1 aromatic rings. The van der Waals surface area contributed by atoms with Crippen molar-refractivity contribution in [2.45, 2.75) is 155 Å². The molecule has 4 N–H and O–H groups in total. The van der Waals surface area contributed by atoms with E-state index in [0.717, 1.165) is 44.9 Å². The topological polar surface area (TPSA) is 227 Å². The van der Waals surface area contributed by atoms with Gasteiger partial charge in [-0.3, -0.25) is 28.5 Å². The lowest BCUT2D eigenvalue weighted by molar-refractivity contribution is -0.163. The summed E-state index contributed by atoms with van der Waals surface area (Å²) in [5.41, 5.74) is 0.430. The van der Waals surface area contributed by atoms with Crippen LogP contribution in [0.3, 0.4) is 0 Å². The molecule has 0 amide bonds. The molecule has 16 heteroatoms. The van der Waals surface area contributed by atoms with E-state index < -0.39 is 41.3 Å². The van der Waals surface area contributed by atoms with Crippen molar-refractivity contribution in [3.8, 4) is 11.8 Å². The van der Waals surface area contributed by atoms with E-state index in [-0.39, 0.29) is 169 Å². The van der Waals surface area contributed by atoms with E-state index in [1.54, 1.807) is 6.92 Å². The van der Waals surface area contributed by atoms with Crippen LogP contribution in [0.2, 0.25) is 0 Å². The molecule has 1 aromatic heterocycles. The normalized spacial score (nSPS) is 50.9. The number of fused-ring (bicyclic) bond motifs is 27. The molecule has 7 aliphatic heterocycles. The van der Waals surface area contributed by atoms with Crippen LogP contribution in [-0.2, 0) is 71.8 Å². The Hall–Kier alpha value is -3.73. The zero-order chi connectivity index (χ0) is 51.5. The van der Waals surface area contributed by atoms with Gasteiger partial charge in [0.25, 0.3) is 0 Å². The number of aliphatic hydroxyl groups is 1. The molecular formula is C58H77NO15. The average molecular weight is 1030 g/mol. The lowest BCUT2D eigenvalue weighted by Gasteiger charge is -2.47. The van der Waals surface area contributed by atoms with Crippen LogP contribution in [-0.4, -0.2) is 110 Å². The largest absolute Gasteiger partial charge is 0.494 e. The van der Waals surface area contributed by atoms with Crippen LogP contribution >= 0.6 is 0 Å². The number of carboxylic acids is 1. The number of carbonyl (C=O) groups is 5. The molecule has 13 aliphatic rings. The zero-order valence-corrected chi connectivity index (χ0v) is 43.7. The Bertz CT molecular complexity index is 2530. The highest BCUT2D eigenvalue weighted by atomic mass is 16.6. The fourth-order valence-electron chi connectivity index (χ4n) is 21.6. The van der Waals surface area contributed by atoms with Gasteiger partial charge in [-0.05, 0) is 198 Å². The summed E-state index contributed by atoms with van der Waals surface area (Å²) < 4.78 is 40.1. The minimum absolute atomic E-state index is 0.0104. The minimum atomic E-state index is -0.820. The fourth-order valence-corrected chi connectivity index (χ4v) is 21.6. The molecule has 74 heavy (non-hydrogen) atoms. The van der Waals surface area contributed by atoms with Crippen molar-refractivity contribution in [2.24, 2.45) is 136 Å². The van der Waals surface area contributed by atoms with Gasteiger partial charge in [0, 0.05) is 17.7 Å². The third kappa shape index (κ3) is 6.67. The zero-order valence-electron chi connectivity index (χ0n) is 43.7. The molecule has 0 spiro atoms. The summed E-state index contributed by atoms with van der Waals surface area (Å²) >= 11 is 0. The van der Waals surface area contributed by atoms with Crippen molar-refractivity contribution < 1.29 is 72.8 Å². The van der Waals surface area contributed by atoms with Crippen molar-refractivity contribution in [3.63, 3.8) is 0 Å². The van der Waals surface area contributed by atoms with Gasteiger partial charge in [-0.15, -0.1) is 0 Å². The van der Waals surface area contributed by atoms with Crippen molar-refractivity contribution in [2.75, 3.05) is 13.2 Å². The number of carbonyl (C=O) groups excluding carboxylic acids is 4. The quantitative estimate of drug-likeness (QED) is 0.0981. The summed E-state index contributed by atoms with van der Waals surface area (Å²) in [7, 11) is 0. The number of nitrogens with zero attached hydrogens (tertiary/aromatic N) is 1. The second-order valence-corrected chi connectivity index (χ2v) is 27.5. The van der Waals surface area contributed by atoms with E-state index >= 15 is 0 Å². The Balaban J connectivity index is 0.813. The Morgan fingerprint density at radius 2 is 1.09 bits per heavy atom. The molecule has 12 bridgehead atoms. The fraction of sp³-hybridized carbons (Fsp3) is 0.845. The molecule has 6 aliphatic carbocycles. The van der Waals surface area contributed by atoms with Crippen molar-refractivity contribution in [1.29, 1.82) is 0 Å². The number of hydrogen-bond donors (Lipinski definition) is 4. The highest BCUT2D eigenvalue weighted by molar-refractivity contribution is 5.96. The SMILES string of the molecule is CCn1c(O)c(CC2C(=O)OC(=O)C2C)c(CC2C(CC3C(CC4C(C)C5OC4C4C6CC(CC6C(=O)OC(C)(C)C)C54)C4OC3C3C5CC(CC5C(=O)OCCO)C43)C3OC2C2C4CC(CC4C(=O)O)C32)c1O. The number of rotatable bonds is 14. The van der Waals surface area contributed by atoms with Crippen LogP contribution < -0.4 is 0 Å². The maximum atomic E-state index is 13.8. The van der Waals surface area contributed by atoms with E-state index in [1.165, 1.54) is 4.57 Å². The predicted octanol–water partition coefficient (Wildman–Crippen LogP) is 5.81. The number of aliphatic hydroxyl groups excluding tert-OH is 1. The molecular weight excluding hydrogens is 951 g/mol. The highest BCUT2D eigenvalue weighted by Gasteiger charge is 2.75. The third-order valence-electron chi connectivity index (χ3n) is 23.8. The minimum Gasteiger partial charge on any atom is -0.494 e. The van der Waals surface area contributed by atoms with Gasteiger partial charge in [0.05, 0.1) is 72.8 Å². The van der Waals surface area contributed by atoms with Crippen molar-refractivity contribution in [3.05, 3.63) is 11.1 Å². The smallest absolute Gasteiger partial charge is 0.317 e. The molecule has 6 saturated carbocycles. The summed E-state index contributed by atoms with van der Waals surface area (Å²) in [4.78, 5) is 66.0. The van der Waals surface area contributed by atoms with Gasteiger partial charge in [0.1, 0.15) is 12.2 Å². The number of aromatic hydroxyl groups is 2. The Morgan fingerprint density at radius 1 is 0.622 bits per heavy atom. The molecule has 8 heterocycles. The van der Waals surface area contributed by atoms with Crippen molar-refractivity contribution >= 4 is 29.8 Å². The molecule has 16 nitrogen and oxygen atoms in total. The van der Waals surface area contributed by atoms with Gasteiger partial charge >= 0.3 is 29.8 Å². The van der Waals surface area contributed by atoms with Crippen LogP contribution in [0.15, 0.2) is 0 Å². The van der Waals surface area contributed by atoms with E-state index in [4.69, 9.17) is 28.4 Å². The maximum Gasteiger partial charge on any atom is 0.317 e. The van der Waals surface area contributed by atoms with Gasteiger partial charge in [-0.25, -0.2) is 0 Å². The van der Waals surface area contributed by atoms with Crippen LogP contribution in [0.5, 0.6) is 11.8 Å². The van der Waals surface area contributed by atoms with Crippen molar-refractivity contribution in [1.82, 2.24) is 4.57 Å². The number of esters is 4. The predicted molar refractivity (Wildman–Crippen MR) is 258 cm³/mol. The van der Waals surface area contributed by atoms with E-state index in [2.05, 4.69) is 6.92 Å². The van der Waals surface area contributed by atoms with Crippen LogP contribution in [0.4, 0.5) is 0 Å². The first-order valence-electron chi connectivity index (χ1n) is 28.9. The standard InChI is InChI=1S/C58H77NO15/c1-7-59-51(61)34(17-26-21(3)54(65)73-56(26)67)35(52(59)62)19-33-31(48-40-22-10-27(36(13-22)53(63)64)42(40)50(33)72-48)18-32-30(47-41-24-12-28(44(41)49(32)71-47)37(14-24)55(66)69-9-8-60)16-25-20(2)45-39-23-11-29(43(39)46(25)70-45)38(15-23)57(68)74-58(4,5)6/h20-33,36-50,60-62H,7-19H2,1-6H3,(H,63,64). The third-order valence-corrected chi connectivity index (χ3v) is 23.8. The first-order chi connectivity index (χ1) is 35.4. The number of cyclic esters (lactones) is 2. The molecule has 29 atom stereocenters.